The van der Waals surface area contributed by atoms with Crippen molar-refractivity contribution in [2.24, 2.45) is 0 Å². The Labute approximate surface area is 377 Å². The maximum absolute atomic E-state index is 13.1. The zero-order valence-electron chi connectivity index (χ0n) is 38.0. The second-order valence-corrected chi connectivity index (χ2v) is 16.5. The topological polar surface area (TPSA) is 228 Å². The molecule has 12 unspecified atom stereocenters. The van der Waals surface area contributed by atoms with Gasteiger partial charge in [0, 0.05) is 6.42 Å². The average molecular weight is 894 g/mol. The van der Waals surface area contributed by atoms with E-state index in [1.807, 2.05) is 18.2 Å². The summed E-state index contributed by atoms with van der Waals surface area (Å²) in [5.74, 6) is -0.334. The number of aliphatic hydroxyl groups is 8. The van der Waals surface area contributed by atoms with Crippen LogP contribution in [0, 0.1) is 0 Å². The van der Waals surface area contributed by atoms with Crippen molar-refractivity contribution < 1.29 is 64.6 Å². The molecule has 0 aromatic heterocycles. The first-order chi connectivity index (χ1) is 30.6. The van der Waals surface area contributed by atoms with Crippen LogP contribution in [0.25, 0.3) is 0 Å². The average Bonchev–Trinajstić information content (AvgIpc) is 3.28. The molecule has 63 heavy (non-hydrogen) atoms. The standard InChI is InChI=1S/C49H83NO13/c1-3-5-7-9-11-13-15-17-18-19-21-22-24-26-28-30-32-38(53)37(50-41(54)33-31-29-27-25-23-20-16-14-12-10-8-6-4-2)36-60-48-46(59)44(57)47(40(35-52)62-48)63-49-45(58)43(56)42(55)39(34-51)61-49/h6,8,12,14,20,22-24,27,29-30,32,37-40,42-49,51-53,55-59H,3-5,7,9-11,13,15-19,21,25-26,28,31,33-36H2,1-2H3,(H,50,54)/b8-6-,14-12-,23-20-,24-22+,29-27-,32-30+. The van der Waals surface area contributed by atoms with E-state index in [9.17, 15) is 45.6 Å². The van der Waals surface area contributed by atoms with Crippen LogP contribution in [0.1, 0.15) is 136 Å². The Kier molecular flexibility index (Phi) is 32.0. The first-order valence-corrected chi connectivity index (χ1v) is 23.7. The second-order valence-electron chi connectivity index (χ2n) is 16.5. The Hall–Kier alpha value is -2.57. The maximum Gasteiger partial charge on any atom is 0.220 e. The molecular weight excluding hydrogens is 811 g/mol. The summed E-state index contributed by atoms with van der Waals surface area (Å²) < 4.78 is 22.6. The molecule has 2 fully saturated rings. The highest BCUT2D eigenvalue weighted by molar-refractivity contribution is 5.76. The van der Waals surface area contributed by atoms with Crippen molar-refractivity contribution in [3.05, 3.63) is 72.9 Å². The molecule has 0 aromatic carbocycles. The molecule has 2 aliphatic heterocycles. The van der Waals surface area contributed by atoms with Crippen molar-refractivity contribution in [2.75, 3.05) is 19.8 Å². The van der Waals surface area contributed by atoms with Crippen molar-refractivity contribution in [2.45, 2.75) is 209 Å². The van der Waals surface area contributed by atoms with Crippen molar-refractivity contribution in [3.63, 3.8) is 0 Å². The van der Waals surface area contributed by atoms with Gasteiger partial charge in [-0.3, -0.25) is 4.79 Å². The third kappa shape index (κ3) is 23.4. The molecule has 9 N–H and O–H groups in total. The third-order valence-electron chi connectivity index (χ3n) is 11.1. The number of hydrogen-bond acceptors (Lipinski definition) is 13. The van der Waals surface area contributed by atoms with Crippen LogP contribution >= 0.6 is 0 Å². The predicted octanol–water partition coefficient (Wildman–Crippen LogP) is 5.26. The van der Waals surface area contributed by atoms with E-state index in [2.05, 4.69) is 67.8 Å². The molecule has 2 saturated heterocycles. The molecule has 2 heterocycles. The number of rotatable bonds is 34. The van der Waals surface area contributed by atoms with Crippen LogP contribution in [-0.4, -0.2) is 140 Å². The number of unbranched alkanes of at least 4 members (excludes halogenated alkanes) is 11. The minimum absolute atomic E-state index is 0.149. The third-order valence-corrected chi connectivity index (χ3v) is 11.1. The van der Waals surface area contributed by atoms with E-state index in [0.29, 0.717) is 12.8 Å². The largest absolute Gasteiger partial charge is 0.394 e. The number of ether oxygens (including phenoxy) is 4. The molecule has 2 rings (SSSR count). The lowest BCUT2D eigenvalue weighted by Gasteiger charge is -2.46. The number of allylic oxidation sites excluding steroid dienone is 11. The van der Waals surface area contributed by atoms with E-state index in [-0.39, 0.29) is 18.9 Å². The highest BCUT2D eigenvalue weighted by atomic mass is 16.7. The van der Waals surface area contributed by atoms with Crippen LogP contribution in [0.2, 0.25) is 0 Å². The number of nitrogens with one attached hydrogen (secondary N) is 1. The van der Waals surface area contributed by atoms with Crippen LogP contribution in [0.4, 0.5) is 0 Å². The van der Waals surface area contributed by atoms with Crippen LogP contribution in [-0.2, 0) is 23.7 Å². The fraction of sp³-hybridized carbons (Fsp3) is 0.735. The normalized spacial score (nSPS) is 28.2. The van der Waals surface area contributed by atoms with E-state index in [1.54, 1.807) is 6.08 Å². The van der Waals surface area contributed by atoms with E-state index >= 15 is 0 Å². The number of carbonyl (C=O) groups excluding carboxylic acids is 1. The Balaban J connectivity index is 1.94. The van der Waals surface area contributed by atoms with E-state index in [4.69, 9.17) is 18.9 Å². The van der Waals surface area contributed by atoms with Crippen LogP contribution in [0.3, 0.4) is 0 Å². The number of carbonyl (C=O) groups is 1. The number of aliphatic hydroxyl groups excluding tert-OH is 8. The van der Waals surface area contributed by atoms with Gasteiger partial charge < -0.3 is 65.1 Å². The molecule has 0 aromatic rings. The lowest BCUT2D eigenvalue weighted by molar-refractivity contribution is -0.359. The van der Waals surface area contributed by atoms with E-state index < -0.39 is 86.8 Å². The van der Waals surface area contributed by atoms with Crippen LogP contribution in [0.5, 0.6) is 0 Å². The molecule has 1 amide bonds. The molecule has 0 radical (unpaired) electrons. The molecule has 14 nitrogen and oxygen atoms in total. The Morgan fingerprint density at radius 1 is 0.587 bits per heavy atom. The van der Waals surface area contributed by atoms with Crippen LogP contribution < -0.4 is 5.32 Å². The van der Waals surface area contributed by atoms with Crippen molar-refractivity contribution >= 4 is 5.91 Å². The SMILES string of the molecule is CC/C=C\C/C=C\C/C=C\C/C=C\CCC(=O)NC(COC1OC(CO)C(OC2OC(CO)C(O)C(O)C2O)C(O)C1O)C(O)/C=C/CC/C=C/CCCCCCCCCCCC. The Morgan fingerprint density at radius 3 is 1.73 bits per heavy atom. The summed E-state index contributed by atoms with van der Waals surface area (Å²) >= 11 is 0. The van der Waals surface area contributed by atoms with Gasteiger partial charge in [-0.25, -0.2) is 0 Å². The molecule has 362 valence electrons. The summed E-state index contributed by atoms with van der Waals surface area (Å²) in [5.41, 5.74) is 0. The zero-order valence-corrected chi connectivity index (χ0v) is 38.0. The molecule has 0 aliphatic carbocycles. The summed E-state index contributed by atoms with van der Waals surface area (Å²) in [7, 11) is 0. The monoisotopic (exact) mass is 894 g/mol. The van der Waals surface area contributed by atoms with Gasteiger partial charge in [-0.1, -0.05) is 145 Å². The Morgan fingerprint density at radius 2 is 1.11 bits per heavy atom. The van der Waals surface area contributed by atoms with Gasteiger partial charge in [-0.2, -0.15) is 0 Å². The van der Waals surface area contributed by atoms with Crippen molar-refractivity contribution in [1.29, 1.82) is 0 Å². The molecular formula is C49H83NO13. The van der Waals surface area contributed by atoms with E-state index in [0.717, 1.165) is 38.5 Å². The first kappa shape index (κ1) is 56.6. The van der Waals surface area contributed by atoms with Gasteiger partial charge in [0.2, 0.25) is 5.91 Å². The number of amides is 1. The summed E-state index contributed by atoms with van der Waals surface area (Å²) in [6, 6.07) is -0.971. The van der Waals surface area contributed by atoms with Gasteiger partial charge in [0.1, 0.15) is 48.8 Å². The lowest BCUT2D eigenvalue weighted by atomic mass is 9.97. The number of hydrogen-bond donors (Lipinski definition) is 9. The summed E-state index contributed by atoms with van der Waals surface area (Å²) in [6.07, 6.45) is 26.8. The fourth-order valence-electron chi connectivity index (χ4n) is 7.26. The molecule has 2 aliphatic rings. The molecule has 0 spiro atoms. The lowest BCUT2D eigenvalue weighted by Crippen LogP contribution is -2.65. The summed E-state index contributed by atoms with van der Waals surface area (Å²) in [5, 5.41) is 86.4. The highest BCUT2D eigenvalue weighted by Gasteiger charge is 2.50. The summed E-state index contributed by atoms with van der Waals surface area (Å²) in [6.45, 7) is 2.56. The minimum atomic E-state index is -1.80. The smallest absolute Gasteiger partial charge is 0.220 e. The first-order valence-electron chi connectivity index (χ1n) is 23.7. The van der Waals surface area contributed by atoms with Gasteiger partial charge in [0.25, 0.3) is 0 Å². The molecule has 0 bridgehead atoms. The van der Waals surface area contributed by atoms with Crippen LogP contribution in [0.15, 0.2) is 72.9 Å². The molecule has 14 heteroatoms. The van der Waals surface area contributed by atoms with Gasteiger partial charge in [0.15, 0.2) is 12.6 Å². The molecule has 12 atom stereocenters. The second kappa shape index (κ2) is 35.7. The van der Waals surface area contributed by atoms with Gasteiger partial charge >= 0.3 is 0 Å². The Bertz CT molecular complexity index is 1330. The van der Waals surface area contributed by atoms with E-state index in [1.165, 1.54) is 64.2 Å². The van der Waals surface area contributed by atoms with Gasteiger partial charge in [-0.05, 0) is 57.8 Å². The quantitative estimate of drug-likeness (QED) is 0.0297. The van der Waals surface area contributed by atoms with Crippen molar-refractivity contribution in [3.8, 4) is 0 Å². The fourth-order valence-corrected chi connectivity index (χ4v) is 7.26. The minimum Gasteiger partial charge on any atom is -0.394 e. The maximum atomic E-state index is 13.1. The van der Waals surface area contributed by atoms with Crippen molar-refractivity contribution in [1.82, 2.24) is 5.32 Å². The van der Waals surface area contributed by atoms with Gasteiger partial charge in [0.05, 0.1) is 32.0 Å². The van der Waals surface area contributed by atoms with Gasteiger partial charge in [-0.15, -0.1) is 0 Å². The highest BCUT2D eigenvalue weighted by Crippen LogP contribution is 2.30. The predicted molar refractivity (Wildman–Crippen MR) is 244 cm³/mol. The zero-order chi connectivity index (χ0) is 46.1. The molecule has 0 saturated carbocycles. The summed E-state index contributed by atoms with van der Waals surface area (Å²) in [4.78, 5) is 13.1.